The minimum Gasteiger partial charge on any atom is -0.496 e. The van der Waals surface area contributed by atoms with Crippen molar-refractivity contribution in [1.29, 1.82) is 0 Å². The molecule has 0 aliphatic heterocycles. The molecule has 1 amide bonds. The van der Waals surface area contributed by atoms with E-state index in [4.69, 9.17) is 9.57 Å². The van der Waals surface area contributed by atoms with Gasteiger partial charge in [-0.3, -0.25) is 9.63 Å². The predicted molar refractivity (Wildman–Crippen MR) is 69.5 cm³/mol. The van der Waals surface area contributed by atoms with Crippen LogP contribution in [0.5, 0.6) is 5.75 Å². The molecule has 0 spiro atoms. The molecule has 0 aliphatic carbocycles. The van der Waals surface area contributed by atoms with Crippen LogP contribution in [0.25, 0.3) is 6.08 Å². The van der Waals surface area contributed by atoms with Gasteiger partial charge in [0.2, 0.25) is 0 Å². The first-order valence-corrected chi connectivity index (χ1v) is 5.71. The van der Waals surface area contributed by atoms with Crippen LogP contribution >= 0.6 is 15.9 Å². The number of benzene rings is 1. The van der Waals surface area contributed by atoms with Crippen molar-refractivity contribution in [3.63, 3.8) is 0 Å². The first-order chi connectivity index (χ1) is 8.08. The Morgan fingerprint density at radius 2 is 2.12 bits per heavy atom. The van der Waals surface area contributed by atoms with Gasteiger partial charge in [-0.05, 0) is 24.3 Å². The monoisotopic (exact) mass is 299 g/mol. The van der Waals surface area contributed by atoms with Crippen LogP contribution in [0.2, 0.25) is 0 Å². The van der Waals surface area contributed by atoms with E-state index in [1.165, 1.54) is 13.2 Å². The van der Waals surface area contributed by atoms with Gasteiger partial charge >= 0.3 is 0 Å². The van der Waals surface area contributed by atoms with E-state index < -0.39 is 0 Å². The highest BCUT2D eigenvalue weighted by Gasteiger charge is 2.04. The molecule has 0 saturated heterocycles. The fourth-order valence-electron chi connectivity index (χ4n) is 1.19. The molecule has 17 heavy (non-hydrogen) atoms. The van der Waals surface area contributed by atoms with E-state index >= 15 is 0 Å². The highest BCUT2D eigenvalue weighted by molar-refractivity contribution is 9.10. The molecule has 1 rings (SSSR count). The fourth-order valence-corrected chi connectivity index (χ4v) is 1.57. The molecule has 0 fully saturated rings. The van der Waals surface area contributed by atoms with Gasteiger partial charge in [-0.25, -0.2) is 5.06 Å². The Hall–Kier alpha value is -1.33. The molecule has 1 aromatic rings. The Kier molecular flexibility index (Phi) is 5.18. The number of rotatable bonds is 4. The van der Waals surface area contributed by atoms with Crippen LogP contribution in [0.4, 0.5) is 0 Å². The van der Waals surface area contributed by atoms with Crippen molar-refractivity contribution in [2.24, 2.45) is 0 Å². The summed E-state index contributed by atoms with van der Waals surface area (Å²) >= 11 is 3.37. The van der Waals surface area contributed by atoms with Crippen molar-refractivity contribution in [3.8, 4) is 5.75 Å². The van der Waals surface area contributed by atoms with Gasteiger partial charge in [0.1, 0.15) is 5.75 Å². The maximum Gasteiger partial charge on any atom is 0.269 e. The molecule has 0 saturated carbocycles. The highest BCUT2D eigenvalue weighted by atomic mass is 79.9. The van der Waals surface area contributed by atoms with Crippen molar-refractivity contribution in [2.45, 2.75) is 0 Å². The Balaban J connectivity index is 2.90. The molecule has 1 aromatic carbocycles. The summed E-state index contributed by atoms with van der Waals surface area (Å²) in [6.45, 7) is 0. The smallest absolute Gasteiger partial charge is 0.269 e. The van der Waals surface area contributed by atoms with Crippen LogP contribution in [0.15, 0.2) is 28.7 Å². The van der Waals surface area contributed by atoms with Crippen LogP contribution < -0.4 is 4.74 Å². The SMILES string of the molecule is COc1ccc(Br)cc1C=CC(=O)N(C)OC. The van der Waals surface area contributed by atoms with E-state index in [2.05, 4.69) is 15.9 Å². The van der Waals surface area contributed by atoms with E-state index in [1.807, 2.05) is 18.2 Å². The number of hydroxylamine groups is 2. The molecule has 0 atom stereocenters. The normalized spacial score (nSPS) is 10.6. The van der Waals surface area contributed by atoms with Crippen molar-refractivity contribution < 1.29 is 14.4 Å². The second kappa shape index (κ2) is 6.42. The first kappa shape index (κ1) is 13.7. The molecule has 0 bridgehead atoms. The average Bonchev–Trinajstić information content (AvgIpc) is 2.35. The number of carbonyl (C=O) groups is 1. The quantitative estimate of drug-likeness (QED) is 0.633. The van der Waals surface area contributed by atoms with Crippen LogP contribution in [0, 0.1) is 0 Å². The van der Waals surface area contributed by atoms with Crippen molar-refractivity contribution in [1.82, 2.24) is 5.06 Å². The summed E-state index contributed by atoms with van der Waals surface area (Å²) in [5, 5.41) is 1.14. The van der Waals surface area contributed by atoms with Gasteiger partial charge in [-0.1, -0.05) is 15.9 Å². The third-order valence-corrected chi connectivity index (χ3v) is 2.67. The summed E-state index contributed by atoms with van der Waals surface area (Å²) in [5.41, 5.74) is 0.819. The fraction of sp³-hybridized carbons (Fsp3) is 0.250. The number of hydrogen-bond donors (Lipinski definition) is 0. The zero-order valence-corrected chi connectivity index (χ0v) is 11.5. The van der Waals surface area contributed by atoms with Gasteiger partial charge in [0.05, 0.1) is 14.2 Å². The van der Waals surface area contributed by atoms with Gasteiger partial charge in [0, 0.05) is 23.2 Å². The Morgan fingerprint density at radius 3 is 2.71 bits per heavy atom. The maximum atomic E-state index is 11.5. The minimum atomic E-state index is -0.241. The number of ether oxygens (including phenoxy) is 1. The number of carbonyl (C=O) groups excluding carboxylic acids is 1. The van der Waals surface area contributed by atoms with E-state index in [1.54, 1.807) is 20.2 Å². The molecular formula is C12H14BrNO3. The topological polar surface area (TPSA) is 38.8 Å². The van der Waals surface area contributed by atoms with Crippen LogP contribution in [-0.2, 0) is 9.63 Å². The molecule has 5 heteroatoms. The number of methoxy groups -OCH3 is 1. The van der Waals surface area contributed by atoms with E-state index in [0.29, 0.717) is 5.75 Å². The maximum absolute atomic E-state index is 11.5. The Bertz CT molecular complexity index is 432. The molecule has 4 nitrogen and oxygen atoms in total. The molecule has 0 aliphatic rings. The summed E-state index contributed by atoms with van der Waals surface area (Å²) in [5.74, 6) is 0.465. The summed E-state index contributed by atoms with van der Waals surface area (Å²) in [6.07, 6.45) is 3.11. The third-order valence-electron chi connectivity index (χ3n) is 2.18. The molecule has 0 N–H and O–H groups in total. The van der Waals surface area contributed by atoms with E-state index in [-0.39, 0.29) is 5.91 Å². The molecular weight excluding hydrogens is 286 g/mol. The average molecular weight is 300 g/mol. The first-order valence-electron chi connectivity index (χ1n) is 4.92. The summed E-state index contributed by atoms with van der Waals surface area (Å²) in [4.78, 5) is 16.3. The number of hydrogen-bond acceptors (Lipinski definition) is 3. The zero-order valence-electron chi connectivity index (χ0n) is 9.94. The molecule has 0 heterocycles. The zero-order chi connectivity index (χ0) is 12.8. The van der Waals surface area contributed by atoms with Crippen LogP contribution in [0.3, 0.4) is 0 Å². The van der Waals surface area contributed by atoms with Crippen molar-refractivity contribution in [3.05, 3.63) is 34.3 Å². The lowest BCUT2D eigenvalue weighted by molar-refractivity contribution is -0.162. The third kappa shape index (κ3) is 3.87. The predicted octanol–water partition coefficient (Wildman–Crippen LogP) is 2.49. The number of halogens is 1. The van der Waals surface area contributed by atoms with Crippen molar-refractivity contribution >= 4 is 27.9 Å². The molecule has 0 aromatic heterocycles. The number of nitrogens with zero attached hydrogens (tertiary/aromatic N) is 1. The lowest BCUT2D eigenvalue weighted by Crippen LogP contribution is -2.22. The Labute approximate surface area is 109 Å². The Morgan fingerprint density at radius 1 is 1.41 bits per heavy atom. The lowest BCUT2D eigenvalue weighted by atomic mass is 10.2. The van der Waals surface area contributed by atoms with Crippen LogP contribution in [0.1, 0.15) is 5.56 Å². The van der Waals surface area contributed by atoms with Gasteiger partial charge in [-0.2, -0.15) is 0 Å². The van der Waals surface area contributed by atoms with Crippen molar-refractivity contribution in [2.75, 3.05) is 21.3 Å². The summed E-state index contributed by atoms with van der Waals surface area (Å²) in [6, 6.07) is 5.57. The summed E-state index contributed by atoms with van der Waals surface area (Å²) in [7, 11) is 4.57. The van der Waals surface area contributed by atoms with Gasteiger partial charge in [0.25, 0.3) is 5.91 Å². The second-order valence-electron chi connectivity index (χ2n) is 3.24. The minimum absolute atomic E-state index is 0.241. The lowest BCUT2D eigenvalue weighted by Gasteiger charge is -2.10. The standard InChI is InChI=1S/C12H14BrNO3/c1-14(17-3)12(15)7-4-9-8-10(13)5-6-11(9)16-2/h4-8H,1-3H3. The number of likely N-dealkylation sites (N-methyl/N-ethyl adjacent to an activating group) is 1. The van der Waals surface area contributed by atoms with E-state index in [9.17, 15) is 4.79 Å². The largest absolute Gasteiger partial charge is 0.496 e. The van der Waals surface area contributed by atoms with E-state index in [0.717, 1.165) is 15.1 Å². The van der Waals surface area contributed by atoms with Crippen LogP contribution in [-0.4, -0.2) is 32.2 Å². The van der Waals surface area contributed by atoms with Gasteiger partial charge in [-0.15, -0.1) is 0 Å². The molecule has 0 radical (unpaired) electrons. The summed E-state index contributed by atoms with van der Waals surface area (Å²) < 4.78 is 6.11. The molecule has 0 unspecified atom stereocenters. The number of amides is 1. The van der Waals surface area contributed by atoms with Gasteiger partial charge in [0.15, 0.2) is 0 Å². The van der Waals surface area contributed by atoms with Gasteiger partial charge < -0.3 is 4.74 Å². The highest BCUT2D eigenvalue weighted by Crippen LogP contribution is 2.24. The second-order valence-corrected chi connectivity index (χ2v) is 4.15. The molecule has 92 valence electrons.